The van der Waals surface area contributed by atoms with Gasteiger partial charge in [-0.2, -0.15) is 5.10 Å². The molecule has 0 spiro atoms. The van der Waals surface area contributed by atoms with Gasteiger partial charge in [-0.05, 0) is 25.5 Å². The van der Waals surface area contributed by atoms with E-state index in [1.807, 2.05) is 10.7 Å². The molecule has 2 atom stereocenters. The Hall–Kier alpha value is -1.68. The van der Waals surface area contributed by atoms with Crippen LogP contribution in [-0.4, -0.2) is 21.3 Å². The second kappa shape index (κ2) is 6.31. The number of aromatic nitrogens is 3. The highest BCUT2D eigenvalue weighted by molar-refractivity contribution is 5.20. The second-order valence-corrected chi connectivity index (χ2v) is 4.46. The summed E-state index contributed by atoms with van der Waals surface area (Å²) in [6.07, 6.45) is 4.47. The maximum Gasteiger partial charge on any atom is 0.137 e. The van der Waals surface area contributed by atoms with Crippen molar-refractivity contribution in [1.82, 2.24) is 20.1 Å². The zero-order valence-electron chi connectivity index (χ0n) is 11.0. The van der Waals surface area contributed by atoms with Gasteiger partial charge in [0.1, 0.15) is 12.7 Å². The molecule has 0 radical (unpaired) electrons. The Morgan fingerprint density at radius 2 is 2.06 bits per heavy atom. The number of benzene rings is 1. The molecule has 0 aliphatic heterocycles. The Morgan fingerprint density at radius 3 is 2.67 bits per heavy atom. The van der Waals surface area contributed by atoms with Gasteiger partial charge < -0.3 is 5.32 Å². The van der Waals surface area contributed by atoms with Crippen molar-refractivity contribution in [2.24, 2.45) is 0 Å². The molecule has 18 heavy (non-hydrogen) atoms. The summed E-state index contributed by atoms with van der Waals surface area (Å²) in [4.78, 5) is 4.02. The van der Waals surface area contributed by atoms with Crippen LogP contribution in [-0.2, 0) is 0 Å². The Bertz CT molecular complexity index is 438. The van der Waals surface area contributed by atoms with Gasteiger partial charge in [0, 0.05) is 0 Å². The molecule has 1 heterocycles. The largest absolute Gasteiger partial charge is 0.308 e. The van der Waals surface area contributed by atoms with E-state index in [4.69, 9.17) is 0 Å². The van der Waals surface area contributed by atoms with E-state index < -0.39 is 0 Å². The molecule has 4 heteroatoms. The van der Waals surface area contributed by atoms with Crippen molar-refractivity contribution in [3.63, 3.8) is 0 Å². The van der Waals surface area contributed by atoms with Crippen molar-refractivity contribution in [3.05, 3.63) is 48.5 Å². The first-order chi connectivity index (χ1) is 8.83. The number of nitrogens with zero attached hydrogens (tertiary/aromatic N) is 3. The molecule has 1 aromatic heterocycles. The highest BCUT2D eigenvalue weighted by Gasteiger charge is 2.20. The van der Waals surface area contributed by atoms with Crippen molar-refractivity contribution in [2.45, 2.75) is 32.4 Å². The molecule has 2 aromatic rings. The molecule has 0 fully saturated rings. The van der Waals surface area contributed by atoms with Crippen LogP contribution in [0.3, 0.4) is 0 Å². The molecular weight excluding hydrogens is 224 g/mol. The third-order valence-corrected chi connectivity index (χ3v) is 3.11. The summed E-state index contributed by atoms with van der Waals surface area (Å²) in [6.45, 7) is 5.34. The van der Waals surface area contributed by atoms with E-state index in [0.29, 0.717) is 0 Å². The number of rotatable bonds is 6. The average Bonchev–Trinajstić information content (AvgIpc) is 2.94. The SMILES string of the molecule is CCCNC(c1ccccc1)C(C)n1cncn1. The summed E-state index contributed by atoms with van der Waals surface area (Å²) in [7, 11) is 0. The molecule has 0 saturated carbocycles. The van der Waals surface area contributed by atoms with Gasteiger partial charge in [-0.15, -0.1) is 0 Å². The monoisotopic (exact) mass is 244 g/mol. The van der Waals surface area contributed by atoms with Gasteiger partial charge in [-0.3, -0.25) is 0 Å². The zero-order chi connectivity index (χ0) is 12.8. The summed E-state index contributed by atoms with van der Waals surface area (Å²) in [5, 5.41) is 7.82. The van der Waals surface area contributed by atoms with Crippen molar-refractivity contribution < 1.29 is 0 Å². The van der Waals surface area contributed by atoms with E-state index in [1.165, 1.54) is 5.56 Å². The van der Waals surface area contributed by atoms with Crippen LogP contribution in [0.5, 0.6) is 0 Å². The van der Waals surface area contributed by atoms with Crippen LogP contribution < -0.4 is 5.32 Å². The van der Waals surface area contributed by atoms with Crippen LogP contribution in [0, 0.1) is 0 Å². The maximum absolute atomic E-state index is 4.24. The fourth-order valence-electron chi connectivity index (χ4n) is 2.11. The quantitative estimate of drug-likeness (QED) is 0.849. The molecule has 2 unspecified atom stereocenters. The van der Waals surface area contributed by atoms with Crippen molar-refractivity contribution in [1.29, 1.82) is 0 Å². The van der Waals surface area contributed by atoms with Crippen LogP contribution >= 0.6 is 0 Å². The van der Waals surface area contributed by atoms with Gasteiger partial charge in [-0.25, -0.2) is 9.67 Å². The van der Waals surface area contributed by atoms with Crippen molar-refractivity contribution in [2.75, 3.05) is 6.54 Å². The second-order valence-electron chi connectivity index (χ2n) is 4.46. The van der Waals surface area contributed by atoms with Gasteiger partial charge in [-0.1, -0.05) is 37.3 Å². The lowest BCUT2D eigenvalue weighted by molar-refractivity contribution is 0.353. The first-order valence-corrected chi connectivity index (χ1v) is 6.45. The first kappa shape index (κ1) is 12.8. The lowest BCUT2D eigenvalue weighted by Crippen LogP contribution is -2.29. The smallest absolute Gasteiger partial charge is 0.137 e. The summed E-state index contributed by atoms with van der Waals surface area (Å²) in [5.74, 6) is 0. The predicted octanol–water partition coefficient (Wildman–Crippen LogP) is 2.58. The van der Waals surface area contributed by atoms with Gasteiger partial charge in [0.2, 0.25) is 0 Å². The van der Waals surface area contributed by atoms with E-state index >= 15 is 0 Å². The molecule has 2 rings (SSSR count). The number of hydrogen-bond donors (Lipinski definition) is 1. The van der Waals surface area contributed by atoms with Crippen LogP contribution in [0.15, 0.2) is 43.0 Å². The molecular formula is C14H20N4. The van der Waals surface area contributed by atoms with Gasteiger partial charge in [0.15, 0.2) is 0 Å². The van der Waals surface area contributed by atoms with Crippen LogP contribution in [0.25, 0.3) is 0 Å². The lowest BCUT2D eigenvalue weighted by Gasteiger charge is -2.25. The Labute approximate surface area is 108 Å². The molecule has 0 saturated heterocycles. The van der Waals surface area contributed by atoms with E-state index in [-0.39, 0.29) is 12.1 Å². The minimum atomic E-state index is 0.237. The molecule has 0 amide bonds. The van der Waals surface area contributed by atoms with Crippen LogP contribution in [0.2, 0.25) is 0 Å². The normalized spacial score (nSPS) is 14.3. The summed E-state index contributed by atoms with van der Waals surface area (Å²) in [6, 6.07) is 11.0. The summed E-state index contributed by atoms with van der Waals surface area (Å²) >= 11 is 0. The third-order valence-electron chi connectivity index (χ3n) is 3.11. The van der Waals surface area contributed by atoms with Gasteiger partial charge in [0.05, 0.1) is 12.1 Å². The Balaban J connectivity index is 2.20. The lowest BCUT2D eigenvalue weighted by atomic mass is 10.0. The van der Waals surface area contributed by atoms with E-state index in [1.54, 1.807) is 12.7 Å². The molecule has 0 aliphatic rings. The number of hydrogen-bond acceptors (Lipinski definition) is 3. The highest BCUT2D eigenvalue weighted by atomic mass is 15.3. The van der Waals surface area contributed by atoms with Gasteiger partial charge in [0.25, 0.3) is 0 Å². The van der Waals surface area contributed by atoms with E-state index in [2.05, 4.69) is 53.5 Å². The fraction of sp³-hybridized carbons (Fsp3) is 0.429. The molecule has 96 valence electrons. The predicted molar refractivity (Wildman–Crippen MR) is 72.2 cm³/mol. The minimum Gasteiger partial charge on any atom is -0.308 e. The molecule has 0 aliphatic carbocycles. The molecule has 4 nitrogen and oxygen atoms in total. The molecule has 1 N–H and O–H groups in total. The summed E-state index contributed by atoms with van der Waals surface area (Å²) in [5.41, 5.74) is 1.29. The van der Waals surface area contributed by atoms with Crippen LogP contribution in [0.1, 0.15) is 37.9 Å². The fourth-order valence-corrected chi connectivity index (χ4v) is 2.11. The molecule has 1 aromatic carbocycles. The topological polar surface area (TPSA) is 42.7 Å². The van der Waals surface area contributed by atoms with Crippen LogP contribution in [0.4, 0.5) is 0 Å². The van der Waals surface area contributed by atoms with Crippen molar-refractivity contribution >= 4 is 0 Å². The third kappa shape index (κ3) is 2.96. The number of nitrogens with one attached hydrogen (secondary N) is 1. The Morgan fingerprint density at radius 1 is 1.28 bits per heavy atom. The standard InChI is InChI=1S/C14H20N4/c1-3-9-16-14(13-7-5-4-6-8-13)12(2)18-11-15-10-17-18/h4-8,10-12,14,16H,3,9H2,1-2H3. The molecule has 0 bridgehead atoms. The minimum absolute atomic E-state index is 0.237. The highest BCUT2D eigenvalue weighted by Crippen LogP contribution is 2.24. The zero-order valence-corrected chi connectivity index (χ0v) is 11.0. The van der Waals surface area contributed by atoms with Crippen molar-refractivity contribution in [3.8, 4) is 0 Å². The van der Waals surface area contributed by atoms with Gasteiger partial charge >= 0.3 is 0 Å². The average molecular weight is 244 g/mol. The first-order valence-electron chi connectivity index (χ1n) is 6.45. The van der Waals surface area contributed by atoms with E-state index in [0.717, 1.165) is 13.0 Å². The maximum atomic E-state index is 4.24. The Kier molecular flexibility index (Phi) is 4.47. The van der Waals surface area contributed by atoms with E-state index in [9.17, 15) is 0 Å². The summed E-state index contributed by atoms with van der Waals surface area (Å²) < 4.78 is 1.90.